The number of hydrogen-bond acceptors (Lipinski definition) is 4. The largest absolute Gasteiger partial charge is 0.481 e. The molecule has 26 heavy (non-hydrogen) atoms. The minimum absolute atomic E-state index is 0.00682. The molecular formula is C17H17FO8. The van der Waals surface area contributed by atoms with Crippen LogP contribution in [0.2, 0.25) is 0 Å². The van der Waals surface area contributed by atoms with Gasteiger partial charge in [0.25, 0.3) is 0 Å². The minimum Gasteiger partial charge on any atom is -0.481 e. The summed E-state index contributed by atoms with van der Waals surface area (Å²) in [4.78, 5) is 45.6. The standard InChI is InChI=1S/C17H17FO8/c18-9-3-1-8(2-4-9)12-7-17(12,10(15(23)24)5-13(19)20)11(16(25)26)6-14(21)22/h1-4,10-12H,5-7H2,(H,19,20)(H,21,22)(H,23,24)(H,25,26). The molecule has 1 aromatic carbocycles. The Kier molecular flexibility index (Phi) is 5.29. The summed E-state index contributed by atoms with van der Waals surface area (Å²) in [6, 6.07) is 4.97. The molecule has 1 aliphatic rings. The van der Waals surface area contributed by atoms with Crippen molar-refractivity contribution in [3.63, 3.8) is 0 Å². The van der Waals surface area contributed by atoms with Gasteiger partial charge in [-0.05, 0) is 30.0 Å². The molecule has 0 bridgehead atoms. The van der Waals surface area contributed by atoms with Gasteiger partial charge in [0.05, 0.1) is 24.7 Å². The van der Waals surface area contributed by atoms with Crippen LogP contribution in [0.5, 0.6) is 0 Å². The molecular weight excluding hydrogens is 351 g/mol. The first-order chi connectivity index (χ1) is 12.1. The van der Waals surface area contributed by atoms with E-state index in [1.807, 2.05) is 0 Å². The fraction of sp³-hybridized carbons (Fsp3) is 0.412. The van der Waals surface area contributed by atoms with Crippen molar-refractivity contribution in [3.8, 4) is 0 Å². The molecule has 8 nitrogen and oxygen atoms in total. The van der Waals surface area contributed by atoms with Crippen LogP contribution in [0.1, 0.15) is 30.7 Å². The second kappa shape index (κ2) is 7.11. The number of carboxylic acids is 4. The van der Waals surface area contributed by atoms with Gasteiger partial charge in [-0.25, -0.2) is 4.39 Å². The summed E-state index contributed by atoms with van der Waals surface area (Å²) < 4.78 is 13.1. The molecule has 0 saturated heterocycles. The van der Waals surface area contributed by atoms with Gasteiger partial charge < -0.3 is 20.4 Å². The Labute approximate surface area is 146 Å². The summed E-state index contributed by atoms with van der Waals surface area (Å²) in [5.74, 6) is -10.3. The van der Waals surface area contributed by atoms with E-state index in [4.69, 9.17) is 10.2 Å². The second-order valence-electron chi connectivity index (χ2n) is 6.40. The van der Waals surface area contributed by atoms with Gasteiger partial charge in [-0.15, -0.1) is 0 Å². The van der Waals surface area contributed by atoms with Crippen molar-refractivity contribution < 1.29 is 44.0 Å². The Bertz CT molecular complexity index is 708. The maximum absolute atomic E-state index is 13.1. The number of hydrogen-bond donors (Lipinski definition) is 4. The zero-order valence-corrected chi connectivity index (χ0v) is 13.5. The highest BCUT2D eigenvalue weighted by atomic mass is 19.1. The number of carboxylic acid groups (broad SMARTS) is 4. The van der Waals surface area contributed by atoms with E-state index in [0.717, 1.165) is 12.1 Å². The van der Waals surface area contributed by atoms with E-state index in [1.54, 1.807) is 0 Å². The lowest BCUT2D eigenvalue weighted by atomic mass is 9.72. The first-order valence-corrected chi connectivity index (χ1v) is 7.74. The van der Waals surface area contributed by atoms with E-state index in [2.05, 4.69) is 0 Å². The lowest BCUT2D eigenvalue weighted by Gasteiger charge is -2.29. The number of benzene rings is 1. The summed E-state index contributed by atoms with van der Waals surface area (Å²) in [6.07, 6.45) is -1.68. The summed E-state index contributed by atoms with van der Waals surface area (Å²) in [6.45, 7) is 0. The lowest BCUT2D eigenvalue weighted by molar-refractivity contribution is -0.159. The van der Waals surface area contributed by atoms with E-state index < -0.39 is 65.7 Å². The van der Waals surface area contributed by atoms with Gasteiger partial charge in [0.1, 0.15) is 5.82 Å². The Morgan fingerprint density at radius 2 is 1.35 bits per heavy atom. The van der Waals surface area contributed by atoms with Crippen LogP contribution >= 0.6 is 0 Å². The molecule has 140 valence electrons. The monoisotopic (exact) mass is 368 g/mol. The number of halogens is 1. The van der Waals surface area contributed by atoms with Crippen LogP contribution < -0.4 is 0 Å². The van der Waals surface area contributed by atoms with Gasteiger partial charge in [-0.3, -0.25) is 19.2 Å². The quantitative estimate of drug-likeness (QED) is 0.514. The summed E-state index contributed by atoms with van der Waals surface area (Å²) in [7, 11) is 0. The molecule has 3 atom stereocenters. The highest BCUT2D eigenvalue weighted by Gasteiger charge is 2.67. The second-order valence-corrected chi connectivity index (χ2v) is 6.40. The van der Waals surface area contributed by atoms with Crippen LogP contribution in [0.4, 0.5) is 4.39 Å². The summed E-state index contributed by atoms with van der Waals surface area (Å²) in [5, 5.41) is 37.1. The minimum atomic E-state index is -1.59. The van der Waals surface area contributed by atoms with Gasteiger partial charge in [-0.2, -0.15) is 0 Å². The average molecular weight is 368 g/mol. The topological polar surface area (TPSA) is 149 Å². The first kappa shape index (κ1) is 19.4. The van der Waals surface area contributed by atoms with Gasteiger partial charge >= 0.3 is 23.9 Å². The molecule has 1 aliphatic carbocycles. The molecule has 4 N–H and O–H groups in total. The zero-order chi connectivity index (χ0) is 19.6. The molecule has 1 fully saturated rings. The molecule has 2 rings (SSSR count). The van der Waals surface area contributed by atoms with Gasteiger partial charge in [0.2, 0.25) is 0 Å². The molecule has 0 radical (unpaired) electrons. The third-order valence-corrected chi connectivity index (χ3v) is 4.97. The SMILES string of the molecule is O=C(O)CC(C(=O)O)C1(C(CC(=O)O)C(=O)O)CC1c1ccc(F)cc1. The van der Waals surface area contributed by atoms with E-state index in [-0.39, 0.29) is 6.42 Å². The highest BCUT2D eigenvalue weighted by molar-refractivity contribution is 5.84. The van der Waals surface area contributed by atoms with Crippen LogP contribution in [0.25, 0.3) is 0 Å². The first-order valence-electron chi connectivity index (χ1n) is 7.74. The van der Waals surface area contributed by atoms with Crippen molar-refractivity contribution in [1.82, 2.24) is 0 Å². The Hall–Kier alpha value is -2.97. The van der Waals surface area contributed by atoms with Crippen molar-refractivity contribution in [2.24, 2.45) is 17.3 Å². The van der Waals surface area contributed by atoms with Crippen LogP contribution in [-0.2, 0) is 19.2 Å². The Morgan fingerprint density at radius 3 is 1.69 bits per heavy atom. The maximum atomic E-state index is 13.1. The predicted octanol–water partition coefficient (Wildman–Crippen LogP) is 1.65. The maximum Gasteiger partial charge on any atom is 0.307 e. The van der Waals surface area contributed by atoms with Gasteiger partial charge in [0.15, 0.2) is 0 Å². The van der Waals surface area contributed by atoms with E-state index in [0.29, 0.717) is 5.56 Å². The number of aliphatic carboxylic acids is 4. The molecule has 0 aromatic heterocycles. The Balaban J connectivity index is 2.53. The molecule has 0 aliphatic heterocycles. The number of rotatable bonds is 9. The van der Waals surface area contributed by atoms with Crippen molar-refractivity contribution in [3.05, 3.63) is 35.6 Å². The predicted molar refractivity (Wildman–Crippen MR) is 82.9 cm³/mol. The van der Waals surface area contributed by atoms with Crippen LogP contribution in [0.3, 0.4) is 0 Å². The summed E-state index contributed by atoms with van der Waals surface area (Å²) in [5.41, 5.74) is -1.13. The molecule has 1 saturated carbocycles. The lowest BCUT2D eigenvalue weighted by Crippen LogP contribution is -2.39. The molecule has 0 heterocycles. The summed E-state index contributed by atoms with van der Waals surface area (Å²) >= 11 is 0. The smallest absolute Gasteiger partial charge is 0.307 e. The van der Waals surface area contributed by atoms with Crippen molar-refractivity contribution >= 4 is 23.9 Å². The van der Waals surface area contributed by atoms with E-state index in [9.17, 15) is 33.8 Å². The normalized spacial score (nSPS) is 23.7. The van der Waals surface area contributed by atoms with Crippen molar-refractivity contribution in [2.45, 2.75) is 25.2 Å². The van der Waals surface area contributed by atoms with E-state index >= 15 is 0 Å². The molecule has 0 spiro atoms. The van der Waals surface area contributed by atoms with Gasteiger partial charge in [-0.1, -0.05) is 12.1 Å². The fourth-order valence-electron chi connectivity index (χ4n) is 3.79. The van der Waals surface area contributed by atoms with Crippen LogP contribution in [0, 0.1) is 23.1 Å². The molecule has 1 aromatic rings. The highest BCUT2D eigenvalue weighted by Crippen LogP contribution is 2.69. The molecule has 0 amide bonds. The molecule has 9 heteroatoms. The van der Waals surface area contributed by atoms with Crippen molar-refractivity contribution in [2.75, 3.05) is 0 Å². The molecule has 3 unspecified atom stereocenters. The third kappa shape index (κ3) is 3.66. The van der Waals surface area contributed by atoms with Crippen LogP contribution in [-0.4, -0.2) is 44.3 Å². The van der Waals surface area contributed by atoms with Crippen molar-refractivity contribution in [1.29, 1.82) is 0 Å². The Morgan fingerprint density at radius 1 is 0.923 bits per heavy atom. The van der Waals surface area contributed by atoms with Crippen LogP contribution in [0.15, 0.2) is 24.3 Å². The van der Waals surface area contributed by atoms with E-state index in [1.165, 1.54) is 12.1 Å². The fourth-order valence-corrected chi connectivity index (χ4v) is 3.79. The number of carbonyl (C=O) groups is 4. The zero-order valence-electron chi connectivity index (χ0n) is 13.5. The third-order valence-electron chi connectivity index (χ3n) is 4.97. The van der Waals surface area contributed by atoms with Gasteiger partial charge in [0, 0.05) is 5.41 Å². The average Bonchev–Trinajstić information content (AvgIpc) is 3.26.